The molecular weight excluding hydrogens is 297 g/mol. The quantitative estimate of drug-likeness (QED) is 0.797. The lowest BCUT2D eigenvalue weighted by atomic mass is 9.99. The molecule has 1 aromatic carbocycles. The van der Waals surface area contributed by atoms with Crippen molar-refractivity contribution in [1.29, 1.82) is 0 Å². The van der Waals surface area contributed by atoms with Crippen LogP contribution >= 0.6 is 0 Å². The number of nitrogens with two attached hydrogens (primary N) is 1. The van der Waals surface area contributed by atoms with E-state index in [-0.39, 0.29) is 29.0 Å². The Labute approximate surface area is 123 Å². The summed E-state index contributed by atoms with van der Waals surface area (Å²) in [5.41, 5.74) is 5.25. The molecule has 1 aliphatic heterocycles. The molecule has 116 valence electrons. The van der Waals surface area contributed by atoms with Crippen LogP contribution < -0.4 is 11.1 Å². The number of nitrogens with zero attached hydrogens (tertiary/aromatic N) is 1. The molecule has 8 heteroatoms. The monoisotopic (exact) mass is 315 g/mol. The Morgan fingerprint density at radius 2 is 2.19 bits per heavy atom. The van der Waals surface area contributed by atoms with E-state index in [2.05, 4.69) is 5.32 Å². The molecule has 1 unspecified atom stereocenters. The highest BCUT2D eigenvalue weighted by Gasteiger charge is 2.33. The van der Waals surface area contributed by atoms with Gasteiger partial charge in [0.25, 0.3) is 0 Å². The van der Waals surface area contributed by atoms with Gasteiger partial charge < -0.3 is 11.1 Å². The van der Waals surface area contributed by atoms with E-state index < -0.39 is 15.8 Å². The number of benzene rings is 1. The number of halogens is 1. The lowest BCUT2D eigenvalue weighted by molar-refractivity contribution is -0.125. The molecule has 2 rings (SSSR count). The van der Waals surface area contributed by atoms with E-state index in [1.165, 1.54) is 23.5 Å². The van der Waals surface area contributed by atoms with Crippen LogP contribution in [0.15, 0.2) is 23.1 Å². The second-order valence-corrected chi connectivity index (χ2v) is 6.94. The van der Waals surface area contributed by atoms with E-state index in [1.54, 1.807) is 0 Å². The van der Waals surface area contributed by atoms with Crippen LogP contribution in [-0.4, -0.2) is 38.8 Å². The fourth-order valence-corrected chi connectivity index (χ4v) is 3.93. The fourth-order valence-electron chi connectivity index (χ4n) is 2.40. The molecule has 0 saturated carbocycles. The molecule has 3 N–H and O–H groups in total. The van der Waals surface area contributed by atoms with Gasteiger partial charge in [-0.2, -0.15) is 4.31 Å². The van der Waals surface area contributed by atoms with E-state index >= 15 is 0 Å². The average Bonchev–Trinajstić information content (AvgIpc) is 2.49. The summed E-state index contributed by atoms with van der Waals surface area (Å²) < 4.78 is 39.7. The molecule has 0 bridgehead atoms. The molecule has 0 radical (unpaired) electrons. The maximum Gasteiger partial charge on any atom is 0.243 e. The normalized spacial score (nSPS) is 20.2. The van der Waals surface area contributed by atoms with Crippen LogP contribution in [0.3, 0.4) is 0 Å². The van der Waals surface area contributed by atoms with Crippen LogP contribution in [0, 0.1) is 11.7 Å². The van der Waals surface area contributed by atoms with E-state index in [0.717, 1.165) is 6.07 Å². The van der Waals surface area contributed by atoms with Gasteiger partial charge in [-0.15, -0.1) is 0 Å². The molecular formula is C13H18FN3O3S. The summed E-state index contributed by atoms with van der Waals surface area (Å²) in [6, 6.07) is 3.41. The van der Waals surface area contributed by atoms with Crippen molar-refractivity contribution < 1.29 is 17.6 Å². The molecule has 6 nitrogen and oxygen atoms in total. The van der Waals surface area contributed by atoms with Crippen molar-refractivity contribution in [2.45, 2.75) is 17.7 Å². The van der Waals surface area contributed by atoms with Crippen molar-refractivity contribution in [2.75, 3.05) is 25.9 Å². The second kappa shape index (κ2) is 5.98. The Bertz CT molecular complexity index is 648. The molecule has 1 fully saturated rings. The molecule has 1 aliphatic rings. The zero-order valence-electron chi connectivity index (χ0n) is 11.7. The first-order valence-electron chi connectivity index (χ1n) is 6.63. The van der Waals surface area contributed by atoms with E-state index in [9.17, 15) is 17.6 Å². The first kappa shape index (κ1) is 15.7. The summed E-state index contributed by atoms with van der Waals surface area (Å²) in [6.45, 7) is 0.426. The summed E-state index contributed by atoms with van der Waals surface area (Å²) in [5, 5.41) is 2.53. The number of sulfonamides is 1. The predicted octanol–water partition coefficient (Wildman–Crippen LogP) is 0.555. The Morgan fingerprint density at radius 3 is 2.81 bits per heavy atom. The number of anilines is 1. The minimum Gasteiger partial charge on any atom is -0.396 e. The number of hydrogen-bond acceptors (Lipinski definition) is 4. The van der Waals surface area contributed by atoms with Crippen LogP contribution in [0.1, 0.15) is 12.8 Å². The number of nitrogens with one attached hydrogen (secondary N) is 1. The Morgan fingerprint density at radius 1 is 1.48 bits per heavy atom. The first-order chi connectivity index (χ1) is 9.86. The third-order valence-corrected chi connectivity index (χ3v) is 5.47. The Balaban J connectivity index is 2.26. The smallest absolute Gasteiger partial charge is 0.243 e. The molecule has 0 spiro atoms. The second-order valence-electron chi connectivity index (χ2n) is 5.00. The molecule has 1 aromatic rings. The highest BCUT2D eigenvalue weighted by molar-refractivity contribution is 7.89. The topological polar surface area (TPSA) is 92.5 Å². The zero-order valence-corrected chi connectivity index (χ0v) is 12.5. The molecule has 0 aliphatic carbocycles. The standard InChI is InChI=1S/C13H18FN3O3S/c1-16-13(18)9-3-2-6-17(8-9)21(19,20)10-4-5-12(15)11(14)7-10/h4-5,7,9H,2-3,6,8,15H2,1H3,(H,16,18). The van der Waals surface area contributed by atoms with Crippen LogP contribution in [-0.2, 0) is 14.8 Å². The summed E-state index contributed by atoms with van der Waals surface area (Å²) in [5.74, 6) is -1.33. The Hall–Kier alpha value is -1.67. The summed E-state index contributed by atoms with van der Waals surface area (Å²) in [6.07, 6.45) is 1.23. The first-order valence-corrected chi connectivity index (χ1v) is 8.07. The maximum absolute atomic E-state index is 13.5. The van der Waals surface area contributed by atoms with Crippen LogP contribution in [0.2, 0.25) is 0 Å². The van der Waals surface area contributed by atoms with Gasteiger partial charge in [0.1, 0.15) is 5.82 Å². The largest absolute Gasteiger partial charge is 0.396 e. The van der Waals surface area contributed by atoms with Crippen molar-refractivity contribution in [2.24, 2.45) is 5.92 Å². The molecule has 1 atom stereocenters. The summed E-state index contributed by atoms with van der Waals surface area (Å²) in [7, 11) is -2.30. The number of amides is 1. The van der Waals surface area contributed by atoms with Crippen molar-refractivity contribution in [3.8, 4) is 0 Å². The predicted molar refractivity (Wildman–Crippen MR) is 76.4 cm³/mol. The van der Waals surface area contributed by atoms with Gasteiger partial charge in [-0.1, -0.05) is 0 Å². The zero-order chi connectivity index (χ0) is 15.6. The van der Waals surface area contributed by atoms with Crippen LogP contribution in [0.25, 0.3) is 0 Å². The van der Waals surface area contributed by atoms with Gasteiger partial charge in [0.2, 0.25) is 15.9 Å². The van der Waals surface area contributed by atoms with Crippen molar-refractivity contribution in [3.05, 3.63) is 24.0 Å². The number of carbonyl (C=O) groups excluding carboxylic acids is 1. The number of hydrogen-bond donors (Lipinski definition) is 2. The minimum absolute atomic E-state index is 0.101. The molecule has 1 amide bonds. The third kappa shape index (κ3) is 3.16. The van der Waals surface area contributed by atoms with E-state index in [4.69, 9.17) is 5.73 Å². The van der Waals surface area contributed by atoms with Gasteiger partial charge in [-0.3, -0.25) is 4.79 Å². The Kier molecular flexibility index (Phi) is 4.48. The van der Waals surface area contributed by atoms with Crippen molar-refractivity contribution in [3.63, 3.8) is 0 Å². The molecule has 1 saturated heterocycles. The van der Waals surface area contributed by atoms with Gasteiger partial charge in [0.15, 0.2) is 0 Å². The number of nitrogen functional groups attached to an aromatic ring is 1. The molecule has 1 heterocycles. The molecule has 0 aromatic heterocycles. The third-order valence-electron chi connectivity index (χ3n) is 3.61. The maximum atomic E-state index is 13.5. The highest BCUT2D eigenvalue weighted by atomic mass is 32.2. The van der Waals surface area contributed by atoms with Crippen molar-refractivity contribution >= 4 is 21.6 Å². The number of carbonyl (C=O) groups is 1. The van der Waals surface area contributed by atoms with Gasteiger partial charge in [-0.25, -0.2) is 12.8 Å². The summed E-state index contributed by atoms with van der Waals surface area (Å²) in [4.78, 5) is 11.5. The van der Waals surface area contributed by atoms with Gasteiger partial charge in [0, 0.05) is 20.1 Å². The van der Waals surface area contributed by atoms with E-state index in [0.29, 0.717) is 19.4 Å². The van der Waals surface area contributed by atoms with Gasteiger partial charge in [0.05, 0.1) is 16.5 Å². The minimum atomic E-state index is -3.82. The van der Waals surface area contributed by atoms with Crippen LogP contribution in [0.4, 0.5) is 10.1 Å². The number of rotatable bonds is 3. The van der Waals surface area contributed by atoms with E-state index in [1.807, 2.05) is 0 Å². The van der Waals surface area contributed by atoms with Gasteiger partial charge >= 0.3 is 0 Å². The van der Waals surface area contributed by atoms with Crippen LogP contribution in [0.5, 0.6) is 0 Å². The average molecular weight is 315 g/mol. The van der Waals surface area contributed by atoms with Crippen molar-refractivity contribution in [1.82, 2.24) is 9.62 Å². The lowest BCUT2D eigenvalue weighted by Crippen LogP contribution is -2.44. The molecule has 21 heavy (non-hydrogen) atoms. The highest BCUT2D eigenvalue weighted by Crippen LogP contribution is 2.25. The fraction of sp³-hybridized carbons (Fsp3) is 0.462. The lowest BCUT2D eigenvalue weighted by Gasteiger charge is -2.31. The number of piperidine rings is 1. The SMILES string of the molecule is CNC(=O)C1CCCN(S(=O)(=O)c2ccc(N)c(F)c2)C1. The summed E-state index contributed by atoms with van der Waals surface area (Å²) >= 11 is 0. The van der Waals surface area contributed by atoms with Gasteiger partial charge in [-0.05, 0) is 31.0 Å².